The van der Waals surface area contributed by atoms with Gasteiger partial charge in [-0.2, -0.15) is 0 Å². The molecule has 0 aliphatic heterocycles. The van der Waals surface area contributed by atoms with Crippen molar-refractivity contribution < 1.29 is 19.8 Å². The van der Waals surface area contributed by atoms with E-state index in [1.807, 2.05) is 0 Å². The highest BCUT2D eigenvalue weighted by atomic mass is 16.4. The zero-order chi connectivity index (χ0) is 34.1. The second-order valence-electron chi connectivity index (χ2n) is 15.1. The highest BCUT2D eigenvalue weighted by molar-refractivity contribution is 5.70. The fourth-order valence-corrected chi connectivity index (χ4v) is 7.45. The van der Waals surface area contributed by atoms with Gasteiger partial charge in [0.25, 0.3) is 0 Å². The molecule has 0 heterocycles. The third-order valence-electron chi connectivity index (χ3n) is 10.8. The Hall–Kier alpha value is -1.06. The van der Waals surface area contributed by atoms with E-state index in [-0.39, 0.29) is 11.8 Å². The Balaban J connectivity index is 4.76. The summed E-state index contributed by atoms with van der Waals surface area (Å²) in [6.45, 7) is 9.04. The van der Waals surface area contributed by atoms with Crippen molar-refractivity contribution in [2.45, 2.75) is 233 Å². The molecule has 0 saturated heterocycles. The van der Waals surface area contributed by atoms with E-state index in [0.29, 0.717) is 24.7 Å². The van der Waals surface area contributed by atoms with Crippen molar-refractivity contribution in [2.24, 2.45) is 23.7 Å². The number of carboxylic acids is 2. The summed E-state index contributed by atoms with van der Waals surface area (Å²) in [5, 5.41) is 20.0. The van der Waals surface area contributed by atoms with Crippen molar-refractivity contribution in [1.29, 1.82) is 0 Å². The van der Waals surface area contributed by atoms with Crippen LogP contribution in [0.2, 0.25) is 0 Å². The quantitative estimate of drug-likeness (QED) is 0.0656. The van der Waals surface area contributed by atoms with E-state index in [4.69, 9.17) is 0 Å². The van der Waals surface area contributed by atoms with Gasteiger partial charge < -0.3 is 10.2 Å². The fraction of sp³-hybridized carbons (Fsp3) is 0.952. The Morgan fingerprint density at radius 2 is 0.565 bits per heavy atom. The SMILES string of the molecule is CCCCCCCC(CCCCCCC)CCC(CCCCC(CCC(CCCCCCC)CCCCCCC)C(=O)O)C(=O)O. The Morgan fingerprint density at radius 1 is 0.326 bits per heavy atom. The standard InChI is InChI=1S/C42H82O4/c1-5-9-13-17-21-27-37(28-22-18-14-10-6-2)33-35-39(41(43)44)31-25-26-32-40(42(45)46)36-34-38(29-23-19-15-11-7-3)30-24-20-16-12-8-4/h37-40H,5-36H2,1-4H3,(H,43,44)(H,45,46). The molecule has 0 saturated carbocycles. The van der Waals surface area contributed by atoms with Crippen LogP contribution >= 0.6 is 0 Å². The first-order chi connectivity index (χ1) is 22.4. The van der Waals surface area contributed by atoms with Crippen molar-refractivity contribution in [3.05, 3.63) is 0 Å². The maximum absolute atomic E-state index is 12.2. The minimum atomic E-state index is -0.653. The molecule has 2 atom stereocenters. The molecular weight excluding hydrogens is 568 g/mol. The van der Waals surface area contributed by atoms with E-state index in [1.165, 1.54) is 154 Å². The first-order valence-electron chi connectivity index (χ1n) is 20.8. The third kappa shape index (κ3) is 28.0. The number of hydrogen-bond donors (Lipinski definition) is 2. The number of carbonyl (C=O) groups is 2. The lowest BCUT2D eigenvalue weighted by atomic mass is 9.85. The topological polar surface area (TPSA) is 74.6 Å². The molecule has 0 aliphatic rings. The minimum Gasteiger partial charge on any atom is -0.481 e. The van der Waals surface area contributed by atoms with Crippen molar-refractivity contribution in [2.75, 3.05) is 0 Å². The molecular formula is C42H82O4. The summed E-state index contributed by atoms with van der Waals surface area (Å²) in [6, 6.07) is 0. The Bertz CT molecular complexity index is 578. The molecule has 0 bridgehead atoms. The predicted molar refractivity (Wildman–Crippen MR) is 200 cm³/mol. The average molecular weight is 651 g/mol. The van der Waals surface area contributed by atoms with Gasteiger partial charge in [-0.1, -0.05) is 195 Å². The number of unbranched alkanes of at least 4 members (excludes halogenated alkanes) is 17. The lowest BCUT2D eigenvalue weighted by Gasteiger charge is -2.21. The zero-order valence-corrected chi connectivity index (χ0v) is 31.6. The van der Waals surface area contributed by atoms with Crippen molar-refractivity contribution in [1.82, 2.24) is 0 Å². The van der Waals surface area contributed by atoms with Crippen LogP contribution in [0.15, 0.2) is 0 Å². The number of hydrogen-bond acceptors (Lipinski definition) is 2. The van der Waals surface area contributed by atoms with Crippen LogP contribution in [0.5, 0.6) is 0 Å². The van der Waals surface area contributed by atoms with Gasteiger partial charge in [-0.05, 0) is 50.4 Å². The van der Waals surface area contributed by atoms with E-state index in [2.05, 4.69) is 27.7 Å². The Kier molecular flexibility index (Phi) is 33.0. The number of carboxylic acid groups (broad SMARTS) is 2. The highest BCUT2D eigenvalue weighted by Gasteiger charge is 2.22. The number of aliphatic carboxylic acids is 2. The third-order valence-corrected chi connectivity index (χ3v) is 10.8. The molecule has 46 heavy (non-hydrogen) atoms. The molecule has 4 heteroatoms. The summed E-state index contributed by atoms with van der Waals surface area (Å²) in [5.41, 5.74) is 0. The van der Waals surface area contributed by atoms with Gasteiger partial charge in [-0.25, -0.2) is 0 Å². The van der Waals surface area contributed by atoms with Crippen LogP contribution in [-0.2, 0) is 9.59 Å². The molecule has 2 unspecified atom stereocenters. The maximum Gasteiger partial charge on any atom is 0.306 e. The molecule has 0 fully saturated rings. The molecule has 0 radical (unpaired) electrons. The van der Waals surface area contributed by atoms with Gasteiger partial charge in [0.05, 0.1) is 11.8 Å². The summed E-state index contributed by atoms with van der Waals surface area (Å²) < 4.78 is 0. The highest BCUT2D eigenvalue weighted by Crippen LogP contribution is 2.29. The van der Waals surface area contributed by atoms with Gasteiger partial charge in [0.15, 0.2) is 0 Å². The minimum absolute atomic E-state index is 0.282. The summed E-state index contributed by atoms with van der Waals surface area (Å²) in [7, 11) is 0. The lowest BCUT2D eigenvalue weighted by molar-refractivity contribution is -0.143. The molecule has 0 amide bonds. The van der Waals surface area contributed by atoms with Crippen molar-refractivity contribution in [3.8, 4) is 0 Å². The molecule has 4 nitrogen and oxygen atoms in total. The summed E-state index contributed by atoms with van der Waals surface area (Å²) in [5.74, 6) is -0.549. The van der Waals surface area contributed by atoms with Crippen LogP contribution in [0.3, 0.4) is 0 Å². The van der Waals surface area contributed by atoms with Crippen LogP contribution in [-0.4, -0.2) is 22.2 Å². The maximum atomic E-state index is 12.2. The van der Waals surface area contributed by atoms with Crippen molar-refractivity contribution >= 4 is 11.9 Å². The van der Waals surface area contributed by atoms with E-state index in [1.54, 1.807) is 0 Å². The van der Waals surface area contributed by atoms with Gasteiger partial charge in [-0.3, -0.25) is 9.59 Å². The van der Waals surface area contributed by atoms with Crippen molar-refractivity contribution in [3.63, 3.8) is 0 Å². The van der Waals surface area contributed by atoms with Crippen LogP contribution in [0.25, 0.3) is 0 Å². The van der Waals surface area contributed by atoms with Crippen LogP contribution < -0.4 is 0 Å². The van der Waals surface area contributed by atoms with E-state index in [9.17, 15) is 19.8 Å². The molecule has 0 aromatic carbocycles. The van der Waals surface area contributed by atoms with Gasteiger partial charge in [-0.15, -0.1) is 0 Å². The van der Waals surface area contributed by atoms with Crippen LogP contribution in [0, 0.1) is 23.7 Å². The lowest BCUT2D eigenvalue weighted by Crippen LogP contribution is -2.17. The zero-order valence-electron chi connectivity index (χ0n) is 31.6. The van der Waals surface area contributed by atoms with E-state index >= 15 is 0 Å². The Morgan fingerprint density at radius 3 is 0.804 bits per heavy atom. The molecule has 0 spiro atoms. The second-order valence-corrected chi connectivity index (χ2v) is 15.1. The first-order valence-corrected chi connectivity index (χ1v) is 20.8. The molecule has 0 rings (SSSR count). The van der Waals surface area contributed by atoms with E-state index < -0.39 is 11.9 Å². The summed E-state index contributed by atoms with van der Waals surface area (Å²) in [6.07, 6.45) is 37.8. The van der Waals surface area contributed by atoms with Crippen LogP contribution in [0.1, 0.15) is 233 Å². The smallest absolute Gasteiger partial charge is 0.306 e. The van der Waals surface area contributed by atoms with Gasteiger partial charge >= 0.3 is 11.9 Å². The summed E-state index contributed by atoms with van der Waals surface area (Å²) >= 11 is 0. The van der Waals surface area contributed by atoms with Crippen LogP contribution in [0.4, 0.5) is 0 Å². The average Bonchev–Trinajstić information content (AvgIpc) is 3.03. The van der Waals surface area contributed by atoms with Gasteiger partial charge in [0.2, 0.25) is 0 Å². The Labute approximate surface area is 288 Å². The molecule has 2 N–H and O–H groups in total. The monoisotopic (exact) mass is 651 g/mol. The number of rotatable bonds is 37. The van der Waals surface area contributed by atoms with E-state index in [0.717, 1.165) is 38.5 Å². The van der Waals surface area contributed by atoms with Gasteiger partial charge in [0.1, 0.15) is 0 Å². The van der Waals surface area contributed by atoms with Gasteiger partial charge in [0, 0.05) is 0 Å². The molecule has 274 valence electrons. The molecule has 0 aromatic heterocycles. The first kappa shape index (κ1) is 44.9. The fourth-order valence-electron chi connectivity index (χ4n) is 7.45. The molecule has 0 aliphatic carbocycles. The second kappa shape index (κ2) is 33.8. The molecule has 0 aromatic rings. The normalized spacial score (nSPS) is 13.1. The predicted octanol–water partition coefficient (Wildman–Crippen LogP) is 14.2. The summed E-state index contributed by atoms with van der Waals surface area (Å²) in [4.78, 5) is 24.4. The largest absolute Gasteiger partial charge is 0.481 e.